The van der Waals surface area contributed by atoms with Crippen LogP contribution in [0.4, 0.5) is 5.13 Å². The van der Waals surface area contributed by atoms with Crippen LogP contribution >= 0.6 is 11.3 Å². The Morgan fingerprint density at radius 1 is 1.24 bits per heavy atom. The molecule has 0 unspecified atom stereocenters. The Kier molecular flexibility index (Phi) is 3.58. The number of aliphatic imine (C=N–C) groups is 1. The van der Waals surface area contributed by atoms with Gasteiger partial charge in [-0.2, -0.15) is 0 Å². The quantitative estimate of drug-likeness (QED) is 0.742. The van der Waals surface area contributed by atoms with Crippen LogP contribution in [-0.4, -0.2) is 23.4 Å². The fourth-order valence-corrected chi connectivity index (χ4v) is 2.78. The number of aryl methyl sites for hydroxylation is 1. The number of hydrogen-bond donors (Lipinski definition) is 1. The first-order chi connectivity index (χ1) is 10.2. The van der Waals surface area contributed by atoms with E-state index in [1.165, 1.54) is 12.7 Å². The Balaban J connectivity index is 1.90. The predicted octanol–water partition coefficient (Wildman–Crippen LogP) is 4.07. The number of phenolic OH excluding ortho intramolecular Hbond substituents is 1. The first kappa shape index (κ1) is 13.6. The van der Waals surface area contributed by atoms with E-state index < -0.39 is 0 Å². The van der Waals surface area contributed by atoms with Crippen LogP contribution in [0.15, 0.2) is 41.4 Å². The molecule has 0 atom stereocenters. The van der Waals surface area contributed by atoms with Crippen LogP contribution in [-0.2, 0) is 0 Å². The van der Waals surface area contributed by atoms with Gasteiger partial charge in [0.1, 0.15) is 0 Å². The highest BCUT2D eigenvalue weighted by molar-refractivity contribution is 7.22. The summed E-state index contributed by atoms with van der Waals surface area (Å²) in [6.07, 6.45) is 1.71. The van der Waals surface area contributed by atoms with Crippen molar-refractivity contribution in [1.82, 2.24) is 4.98 Å². The van der Waals surface area contributed by atoms with Gasteiger partial charge in [-0.1, -0.05) is 17.4 Å². The third kappa shape index (κ3) is 2.87. The van der Waals surface area contributed by atoms with E-state index >= 15 is 0 Å². The Morgan fingerprint density at radius 3 is 2.90 bits per heavy atom. The molecule has 3 aromatic rings. The lowest BCUT2D eigenvalue weighted by atomic mass is 10.2. The van der Waals surface area contributed by atoms with Crippen LogP contribution in [0.25, 0.3) is 10.2 Å². The summed E-state index contributed by atoms with van der Waals surface area (Å²) in [5, 5.41) is 10.3. The van der Waals surface area contributed by atoms with Crippen LogP contribution in [0, 0.1) is 6.92 Å². The SMILES string of the molecule is COc1cc(/C=N/c2nc3cc(C)ccc3s2)ccc1O. The molecule has 21 heavy (non-hydrogen) atoms. The van der Waals surface area contributed by atoms with Crippen LogP contribution in [0.1, 0.15) is 11.1 Å². The maximum absolute atomic E-state index is 9.56. The number of aromatic hydroxyl groups is 1. The van der Waals surface area contributed by atoms with Crippen LogP contribution < -0.4 is 4.74 Å². The largest absolute Gasteiger partial charge is 0.504 e. The number of nitrogens with zero attached hydrogens (tertiary/aromatic N) is 2. The van der Waals surface area contributed by atoms with Gasteiger partial charge in [0.25, 0.3) is 0 Å². The molecule has 2 aromatic carbocycles. The van der Waals surface area contributed by atoms with E-state index in [2.05, 4.69) is 28.2 Å². The number of methoxy groups -OCH3 is 1. The normalized spacial score (nSPS) is 11.3. The molecule has 1 N–H and O–H groups in total. The van der Waals surface area contributed by atoms with Crippen molar-refractivity contribution in [2.75, 3.05) is 7.11 Å². The van der Waals surface area contributed by atoms with E-state index in [4.69, 9.17) is 4.74 Å². The lowest BCUT2D eigenvalue weighted by molar-refractivity contribution is 0.373. The zero-order valence-electron chi connectivity index (χ0n) is 11.7. The molecule has 0 radical (unpaired) electrons. The third-order valence-corrected chi connectivity index (χ3v) is 4.00. The van der Waals surface area contributed by atoms with Crippen molar-refractivity contribution in [3.8, 4) is 11.5 Å². The molecule has 0 spiro atoms. The minimum absolute atomic E-state index is 0.116. The fraction of sp³-hybridized carbons (Fsp3) is 0.125. The molecule has 0 aliphatic heterocycles. The molecule has 0 fully saturated rings. The zero-order chi connectivity index (χ0) is 14.8. The van der Waals surface area contributed by atoms with E-state index in [9.17, 15) is 5.11 Å². The molecule has 0 amide bonds. The van der Waals surface area contributed by atoms with E-state index in [0.29, 0.717) is 10.9 Å². The fourth-order valence-electron chi connectivity index (χ4n) is 1.98. The van der Waals surface area contributed by atoms with Crippen molar-refractivity contribution >= 4 is 32.9 Å². The van der Waals surface area contributed by atoms with Gasteiger partial charge in [0, 0.05) is 6.21 Å². The van der Waals surface area contributed by atoms with Gasteiger partial charge in [-0.3, -0.25) is 0 Å². The van der Waals surface area contributed by atoms with Gasteiger partial charge < -0.3 is 9.84 Å². The first-order valence-corrected chi connectivity index (χ1v) is 7.25. The number of rotatable bonds is 3. The number of phenols is 1. The molecule has 3 rings (SSSR count). The van der Waals surface area contributed by atoms with Crippen molar-refractivity contribution < 1.29 is 9.84 Å². The van der Waals surface area contributed by atoms with Crippen molar-refractivity contribution in [3.63, 3.8) is 0 Å². The highest BCUT2D eigenvalue weighted by Gasteiger charge is 2.03. The van der Waals surface area contributed by atoms with Gasteiger partial charge >= 0.3 is 0 Å². The second kappa shape index (κ2) is 5.54. The molecule has 106 valence electrons. The summed E-state index contributed by atoms with van der Waals surface area (Å²) in [6, 6.07) is 11.3. The van der Waals surface area contributed by atoms with Crippen molar-refractivity contribution in [2.24, 2.45) is 4.99 Å². The summed E-state index contributed by atoms with van der Waals surface area (Å²) in [6.45, 7) is 2.05. The molecule has 5 heteroatoms. The minimum atomic E-state index is 0.116. The van der Waals surface area contributed by atoms with E-state index in [1.54, 1.807) is 35.8 Å². The third-order valence-electron chi connectivity index (χ3n) is 3.06. The molecule has 0 aliphatic carbocycles. The predicted molar refractivity (Wildman–Crippen MR) is 86.3 cm³/mol. The molecule has 0 aliphatic rings. The van der Waals surface area contributed by atoms with E-state index in [0.717, 1.165) is 15.8 Å². The Bertz CT molecular complexity index is 824. The van der Waals surface area contributed by atoms with Crippen LogP contribution in [0.2, 0.25) is 0 Å². The Morgan fingerprint density at radius 2 is 2.10 bits per heavy atom. The smallest absolute Gasteiger partial charge is 0.210 e. The lowest BCUT2D eigenvalue weighted by Crippen LogP contribution is -1.86. The number of thiazole rings is 1. The molecular formula is C16H14N2O2S. The van der Waals surface area contributed by atoms with E-state index in [1.807, 2.05) is 6.92 Å². The number of ether oxygens (including phenoxy) is 1. The molecule has 0 bridgehead atoms. The van der Waals surface area contributed by atoms with Gasteiger partial charge in [-0.25, -0.2) is 9.98 Å². The number of hydrogen-bond acceptors (Lipinski definition) is 5. The molecule has 4 nitrogen and oxygen atoms in total. The molecule has 1 heterocycles. The highest BCUT2D eigenvalue weighted by atomic mass is 32.1. The Labute approximate surface area is 126 Å². The van der Waals surface area contributed by atoms with Crippen LogP contribution in [0.3, 0.4) is 0 Å². The monoisotopic (exact) mass is 298 g/mol. The molecular weight excluding hydrogens is 284 g/mol. The number of benzene rings is 2. The van der Waals surface area contributed by atoms with Gasteiger partial charge in [0.15, 0.2) is 11.5 Å². The lowest BCUT2D eigenvalue weighted by Gasteiger charge is -2.02. The molecule has 0 saturated carbocycles. The van der Waals surface area contributed by atoms with Gasteiger partial charge in [0.2, 0.25) is 5.13 Å². The summed E-state index contributed by atoms with van der Waals surface area (Å²) in [4.78, 5) is 8.88. The van der Waals surface area contributed by atoms with Crippen molar-refractivity contribution in [1.29, 1.82) is 0 Å². The minimum Gasteiger partial charge on any atom is -0.504 e. The summed E-state index contributed by atoms with van der Waals surface area (Å²) in [5.74, 6) is 0.545. The number of aromatic nitrogens is 1. The van der Waals surface area contributed by atoms with E-state index in [-0.39, 0.29) is 5.75 Å². The second-order valence-electron chi connectivity index (χ2n) is 4.66. The highest BCUT2D eigenvalue weighted by Crippen LogP contribution is 2.29. The first-order valence-electron chi connectivity index (χ1n) is 6.44. The maximum atomic E-state index is 9.56. The average molecular weight is 298 g/mol. The standard InChI is InChI=1S/C16H14N2O2S/c1-10-3-6-15-12(7-10)18-16(21-15)17-9-11-4-5-13(19)14(8-11)20-2/h3-9,19H,1-2H3/b17-9+. The molecule has 1 aromatic heterocycles. The van der Waals surface area contributed by atoms with Crippen molar-refractivity contribution in [3.05, 3.63) is 47.5 Å². The topological polar surface area (TPSA) is 54.7 Å². The summed E-state index contributed by atoms with van der Waals surface area (Å²) in [5.41, 5.74) is 3.00. The summed E-state index contributed by atoms with van der Waals surface area (Å²) < 4.78 is 6.20. The maximum Gasteiger partial charge on any atom is 0.210 e. The zero-order valence-corrected chi connectivity index (χ0v) is 12.5. The van der Waals surface area contributed by atoms with Gasteiger partial charge in [-0.05, 0) is 48.4 Å². The van der Waals surface area contributed by atoms with Gasteiger partial charge in [0.05, 0.1) is 17.3 Å². The molecule has 0 saturated heterocycles. The average Bonchev–Trinajstić information content (AvgIpc) is 2.88. The number of fused-ring (bicyclic) bond motifs is 1. The van der Waals surface area contributed by atoms with Crippen LogP contribution in [0.5, 0.6) is 11.5 Å². The Hall–Kier alpha value is -2.40. The summed E-state index contributed by atoms with van der Waals surface area (Å²) in [7, 11) is 1.52. The van der Waals surface area contributed by atoms with Crippen molar-refractivity contribution in [2.45, 2.75) is 6.92 Å². The second-order valence-corrected chi connectivity index (χ2v) is 5.67. The summed E-state index contributed by atoms with van der Waals surface area (Å²) >= 11 is 1.55. The van der Waals surface area contributed by atoms with Gasteiger partial charge in [-0.15, -0.1) is 0 Å².